The van der Waals surface area contributed by atoms with Crippen molar-refractivity contribution in [2.24, 2.45) is 17.1 Å². The Labute approximate surface area is 64.0 Å². The van der Waals surface area contributed by atoms with Crippen LogP contribution in [0.4, 0.5) is 0 Å². The molecule has 1 atom stereocenters. The molecule has 10 heavy (non-hydrogen) atoms. The molecule has 0 aromatic carbocycles. The van der Waals surface area contributed by atoms with Crippen molar-refractivity contribution in [2.75, 3.05) is 0 Å². The molecular formula is C9H19N. The zero-order chi connectivity index (χ0) is 7.78. The van der Waals surface area contributed by atoms with Gasteiger partial charge in [0.2, 0.25) is 0 Å². The highest BCUT2D eigenvalue weighted by Crippen LogP contribution is 2.35. The SMILES string of the molecule is CC(C)(C)[C@@H](N)C1CCC1. The van der Waals surface area contributed by atoms with E-state index in [-0.39, 0.29) is 0 Å². The average Bonchev–Trinajstić information content (AvgIpc) is 1.57. The summed E-state index contributed by atoms with van der Waals surface area (Å²) in [6.07, 6.45) is 4.12. The van der Waals surface area contributed by atoms with E-state index in [0.29, 0.717) is 11.5 Å². The number of hydrogen-bond donors (Lipinski definition) is 1. The molecule has 2 N–H and O–H groups in total. The van der Waals surface area contributed by atoms with E-state index in [0.717, 1.165) is 5.92 Å². The highest BCUT2D eigenvalue weighted by molar-refractivity contribution is 4.87. The summed E-state index contributed by atoms with van der Waals surface area (Å²) in [6.45, 7) is 6.70. The molecule has 0 spiro atoms. The molecule has 0 heterocycles. The molecule has 0 bridgehead atoms. The predicted octanol–water partition coefficient (Wildman–Crippen LogP) is 2.16. The van der Waals surface area contributed by atoms with E-state index in [1.807, 2.05) is 0 Å². The fraction of sp³-hybridized carbons (Fsp3) is 1.00. The predicted molar refractivity (Wildman–Crippen MR) is 44.8 cm³/mol. The fourth-order valence-electron chi connectivity index (χ4n) is 1.51. The van der Waals surface area contributed by atoms with E-state index in [1.165, 1.54) is 19.3 Å². The normalized spacial score (nSPS) is 24.0. The van der Waals surface area contributed by atoms with Crippen molar-refractivity contribution in [1.82, 2.24) is 0 Å². The van der Waals surface area contributed by atoms with Crippen molar-refractivity contribution in [1.29, 1.82) is 0 Å². The Bertz CT molecular complexity index is 108. The van der Waals surface area contributed by atoms with Crippen molar-refractivity contribution >= 4 is 0 Å². The molecule has 1 heteroatoms. The number of hydrogen-bond acceptors (Lipinski definition) is 1. The Morgan fingerprint density at radius 3 is 1.90 bits per heavy atom. The molecule has 0 radical (unpaired) electrons. The summed E-state index contributed by atoms with van der Waals surface area (Å²) in [5.74, 6) is 0.819. The number of nitrogens with two attached hydrogens (primary N) is 1. The Kier molecular flexibility index (Phi) is 2.04. The first-order valence-electron chi connectivity index (χ1n) is 4.27. The second kappa shape index (κ2) is 2.54. The second-order valence-electron chi connectivity index (χ2n) is 4.58. The Hall–Kier alpha value is -0.0400. The van der Waals surface area contributed by atoms with Crippen LogP contribution in [0.5, 0.6) is 0 Å². The van der Waals surface area contributed by atoms with Gasteiger partial charge in [-0.3, -0.25) is 0 Å². The van der Waals surface area contributed by atoms with E-state index >= 15 is 0 Å². The van der Waals surface area contributed by atoms with Gasteiger partial charge in [-0.05, 0) is 24.2 Å². The zero-order valence-electron chi connectivity index (χ0n) is 7.35. The smallest absolute Gasteiger partial charge is 0.0116 e. The zero-order valence-corrected chi connectivity index (χ0v) is 7.35. The maximum Gasteiger partial charge on any atom is 0.0116 e. The molecule has 60 valence electrons. The molecule has 0 unspecified atom stereocenters. The lowest BCUT2D eigenvalue weighted by molar-refractivity contribution is 0.164. The summed E-state index contributed by atoms with van der Waals surface area (Å²) >= 11 is 0. The monoisotopic (exact) mass is 141 g/mol. The molecule has 1 saturated carbocycles. The van der Waals surface area contributed by atoms with Gasteiger partial charge in [-0.2, -0.15) is 0 Å². The van der Waals surface area contributed by atoms with Crippen molar-refractivity contribution in [3.8, 4) is 0 Å². The summed E-state index contributed by atoms with van der Waals surface area (Å²) in [5, 5.41) is 0. The summed E-state index contributed by atoms with van der Waals surface area (Å²) in [4.78, 5) is 0. The van der Waals surface area contributed by atoms with Gasteiger partial charge in [0.25, 0.3) is 0 Å². The minimum Gasteiger partial charge on any atom is -0.327 e. The minimum absolute atomic E-state index is 0.311. The van der Waals surface area contributed by atoms with Crippen molar-refractivity contribution < 1.29 is 0 Å². The highest BCUT2D eigenvalue weighted by atomic mass is 14.7. The number of rotatable bonds is 1. The lowest BCUT2D eigenvalue weighted by Crippen LogP contribution is -2.44. The summed E-state index contributed by atoms with van der Waals surface area (Å²) in [5.41, 5.74) is 6.37. The fourth-order valence-corrected chi connectivity index (χ4v) is 1.51. The third kappa shape index (κ3) is 1.51. The molecule has 0 aliphatic heterocycles. The van der Waals surface area contributed by atoms with E-state index < -0.39 is 0 Å². The first-order valence-corrected chi connectivity index (χ1v) is 4.27. The van der Waals surface area contributed by atoms with Crippen LogP contribution in [0, 0.1) is 11.3 Å². The van der Waals surface area contributed by atoms with Crippen LogP contribution in [0.3, 0.4) is 0 Å². The summed E-state index contributed by atoms with van der Waals surface area (Å²) < 4.78 is 0. The third-order valence-corrected chi connectivity index (χ3v) is 2.66. The van der Waals surface area contributed by atoms with Crippen LogP contribution in [0.1, 0.15) is 40.0 Å². The molecule has 1 rings (SSSR count). The van der Waals surface area contributed by atoms with Crippen LogP contribution in [0.25, 0.3) is 0 Å². The van der Waals surface area contributed by atoms with E-state index in [9.17, 15) is 0 Å². The molecular weight excluding hydrogens is 122 g/mol. The van der Waals surface area contributed by atoms with Gasteiger partial charge in [0, 0.05) is 6.04 Å². The van der Waals surface area contributed by atoms with Gasteiger partial charge in [-0.25, -0.2) is 0 Å². The van der Waals surface area contributed by atoms with Crippen molar-refractivity contribution in [3.05, 3.63) is 0 Å². The van der Waals surface area contributed by atoms with Crippen LogP contribution >= 0.6 is 0 Å². The molecule has 1 fully saturated rings. The Morgan fingerprint density at radius 2 is 1.80 bits per heavy atom. The van der Waals surface area contributed by atoms with Crippen LogP contribution in [-0.2, 0) is 0 Å². The lowest BCUT2D eigenvalue weighted by Gasteiger charge is -2.39. The van der Waals surface area contributed by atoms with E-state index in [2.05, 4.69) is 20.8 Å². The first kappa shape index (κ1) is 8.06. The standard InChI is InChI=1S/C9H19N/c1-9(2,3)8(10)7-5-4-6-7/h7-8H,4-6,10H2,1-3H3/t8-/m0/s1. The van der Waals surface area contributed by atoms with E-state index in [4.69, 9.17) is 5.73 Å². The summed E-state index contributed by atoms with van der Waals surface area (Å²) in [6, 6.07) is 0.418. The topological polar surface area (TPSA) is 26.0 Å². The van der Waals surface area contributed by atoms with E-state index in [1.54, 1.807) is 0 Å². The molecule has 0 aromatic rings. The van der Waals surface area contributed by atoms with Gasteiger partial charge < -0.3 is 5.73 Å². The molecule has 0 amide bonds. The van der Waals surface area contributed by atoms with Gasteiger partial charge in [-0.1, -0.05) is 27.2 Å². The highest BCUT2D eigenvalue weighted by Gasteiger charge is 2.32. The van der Waals surface area contributed by atoms with Gasteiger partial charge in [0.05, 0.1) is 0 Å². The molecule has 1 nitrogen and oxygen atoms in total. The van der Waals surface area contributed by atoms with Crippen LogP contribution in [0.15, 0.2) is 0 Å². The van der Waals surface area contributed by atoms with Crippen molar-refractivity contribution in [3.63, 3.8) is 0 Å². The van der Waals surface area contributed by atoms with Gasteiger partial charge in [0.15, 0.2) is 0 Å². The second-order valence-corrected chi connectivity index (χ2v) is 4.58. The molecule has 1 aliphatic rings. The van der Waals surface area contributed by atoms with Crippen LogP contribution in [0.2, 0.25) is 0 Å². The molecule has 1 aliphatic carbocycles. The first-order chi connectivity index (χ1) is 4.52. The quantitative estimate of drug-likeness (QED) is 0.595. The van der Waals surface area contributed by atoms with Gasteiger partial charge >= 0.3 is 0 Å². The van der Waals surface area contributed by atoms with Gasteiger partial charge in [0.1, 0.15) is 0 Å². The largest absolute Gasteiger partial charge is 0.327 e. The minimum atomic E-state index is 0.311. The van der Waals surface area contributed by atoms with Crippen LogP contribution in [-0.4, -0.2) is 6.04 Å². The third-order valence-electron chi connectivity index (χ3n) is 2.66. The average molecular weight is 141 g/mol. The maximum absolute atomic E-state index is 6.06. The van der Waals surface area contributed by atoms with Gasteiger partial charge in [-0.15, -0.1) is 0 Å². The van der Waals surface area contributed by atoms with Crippen molar-refractivity contribution in [2.45, 2.75) is 46.1 Å². The lowest BCUT2D eigenvalue weighted by atomic mass is 9.70. The Balaban J connectivity index is 2.39. The summed E-state index contributed by atoms with van der Waals surface area (Å²) in [7, 11) is 0. The van der Waals surface area contributed by atoms with Crippen LogP contribution < -0.4 is 5.73 Å². The molecule has 0 saturated heterocycles. The Morgan fingerprint density at radius 1 is 1.30 bits per heavy atom. The molecule has 0 aromatic heterocycles. The maximum atomic E-state index is 6.06.